The van der Waals surface area contributed by atoms with Crippen LogP contribution in [0.15, 0.2) is 30.3 Å². The number of nitrogens with zero attached hydrogens (tertiary/aromatic N) is 1. The first kappa shape index (κ1) is 15.5. The molecule has 1 fully saturated rings. The predicted molar refractivity (Wildman–Crippen MR) is 88.5 cm³/mol. The van der Waals surface area contributed by atoms with Gasteiger partial charge in [0, 0.05) is 10.4 Å². The van der Waals surface area contributed by atoms with Crippen LogP contribution in [-0.2, 0) is 12.0 Å². The van der Waals surface area contributed by atoms with E-state index < -0.39 is 0 Å². The molecule has 1 aliphatic carbocycles. The fourth-order valence-corrected chi connectivity index (χ4v) is 4.03. The van der Waals surface area contributed by atoms with Gasteiger partial charge < -0.3 is 5.73 Å². The van der Waals surface area contributed by atoms with E-state index in [0.717, 1.165) is 30.0 Å². The van der Waals surface area contributed by atoms with Gasteiger partial charge >= 0.3 is 0 Å². The predicted octanol–water partition coefficient (Wildman–Crippen LogP) is 4.52. The number of rotatable bonds is 3. The fourth-order valence-electron chi connectivity index (χ4n) is 2.85. The van der Waals surface area contributed by atoms with Gasteiger partial charge in [-0.25, -0.2) is 4.98 Å². The monoisotopic (exact) mass is 308 g/mol. The van der Waals surface area contributed by atoms with Crippen LogP contribution in [0.3, 0.4) is 0 Å². The number of hydrogen-bond acceptors (Lipinski definition) is 3. The molecule has 0 radical (unpaired) electrons. The summed E-state index contributed by atoms with van der Waals surface area (Å²) in [6.45, 7) is 2.20. The molecule has 2 nitrogen and oxygen atoms in total. The molecule has 1 heterocycles. The second-order valence-corrected chi connectivity index (χ2v) is 6.46. The summed E-state index contributed by atoms with van der Waals surface area (Å²) in [5.41, 5.74) is 8.73. The number of aryl methyl sites for hydroxylation is 1. The standard InChI is InChI=1S/C16H20N2S.ClH/c1-2-13-14(12-8-4-3-5-9-12)18-15(19-13)16(17)10-6-7-11-16;/h3-5,8-9H,2,6-7,10-11,17H2,1H3;1H. The van der Waals surface area contributed by atoms with Crippen LogP contribution in [0.5, 0.6) is 0 Å². The summed E-state index contributed by atoms with van der Waals surface area (Å²) < 4.78 is 0. The minimum atomic E-state index is -0.165. The smallest absolute Gasteiger partial charge is 0.113 e. The Morgan fingerprint density at radius 3 is 2.45 bits per heavy atom. The van der Waals surface area contributed by atoms with E-state index in [1.807, 2.05) is 17.4 Å². The van der Waals surface area contributed by atoms with Crippen LogP contribution < -0.4 is 5.73 Å². The minimum Gasteiger partial charge on any atom is -0.319 e. The van der Waals surface area contributed by atoms with Gasteiger partial charge in [-0.1, -0.05) is 50.1 Å². The second-order valence-electron chi connectivity index (χ2n) is 5.37. The molecule has 1 aliphatic rings. The molecule has 4 heteroatoms. The van der Waals surface area contributed by atoms with Gasteiger partial charge in [-0.2, -0.15) is 0 Å². The Morgan fingerprint density at radius 1 is 1.20 bits per heavy atom. The van der Waals surface area contributed by atoms with Crippen molar-refractivity contribution in [2.24, 2.45) is 5.73 Å². The van der Waals surface area contributed by atoms with Crippen molar-refractivity contribution in [3.8, 4) is 11.3 Å². The van der Waals surface area contributed by atoms with Gasteiger partial charge in [0.15, 0.2) is 0 Å². The maximum Gasteiger partial charge on any atom is 0.113 e. The Balaban J connectivity index is 0.00000147. The molecule has 1 aromatic carbocycles. The van der Waals surface area contributed by atoms with E-state index in [9.17, 15) is 0 Å². The van der Waals surface area contributed by atoms with E-state index in [0.29, 0.717) is 0 Å². The van der Waals surface area contributed by atoms with Gasteiger partial charge in [0.2, 0.25) is 0 Å². The SMILES string of the molecule is CCc1sc(C2(N)CCCC2)nc1-c1ccccc1.Cl. The van der Waals surface area contributed by atoms with Crippen LogP contribution >= 0.6 is 23.7 Å². The molecule has 0 aliphatic heterocycles. The maximum atomic E-state index is 6.54. The van der Waals surface area contributed by atoms with Gasteiger partial charge in [0.25, 0.3) is 0 Å². The number of nitrogens with two attached hydrogens (primary N) is 1. The topological polar surface area (TPSA) is 38.9 Å². The molecule has 0 bridgehead atoms. The third-order valence-corrected chi connectivity index (χ3v) is 5.41. The highest BCUT2D eigenvalue weighted by molar-refractivity contribution is 7.12. The molecular formula is C16H21ClN2S. The van der Waals surface area contributed by atoms with E-state index in [2.05, 4.69) is 31.2 Å². The van der Waals surface area contributed by atoms with Crippen molar-refractivity contribution in [3.63, 3.8) is 0 Å². The summed E-state index contributed by atoms with van der Waals surface area (Å²) in [6, 6.07) is 10.5. The Hall–Kier alpha value is -0.900. The van der Waals surface area contributed by atoms with Gasteiger partial charge in [0.1, 0.15) is 5.01 Å². The highest BCUT2D eigenvalue weighted by Gasteiger charge is 2.35. The average Bonchev–Trinajstić information content (AvgIpc) is 3.06. The van der Waals surface area contributed by atoms with Crippen molar-refractivity contribution < 1.29 is 0 Å². The van der Waals surface area contributed by atoms with E-state index >= 15 is 0 Å². The van der Waals surface area contributed by atoms with Gasteiger partial charge in [-0.3, -0.25) is 0 Å². The highest BCUT2D eigenvalue weighted by Crippen LogP contribution is 2.41. The fraction of sp³-hybridized carbons (Fsp3) is 0.438. The van der Waals surface area contributed by atoms with Crippen molar-refractivity contribution in [1.29, 1.82) is 0 Å². The van der Waals surface area contributed by atoms with Gasteiger partial charge in [-0.05, 0) is 19.3 Å². The third kappa shape index (κ3) is 2.76. The first-order chi connectivity index (χ1) is 9.23. The van der Waals surface area contributed by atoms with Crippen LogP contribution in [0.4, 0.5) is 0 Å². The number of aromatic nitrogens is 1. The molecule has 108 valence electrons. The summed E-state index contributed by atoms with van der Waals surface area (Å²) in [5.74, 6) is 0. The van der Waals surface area contributed by atoms with Crippen molar-refractivity contribution in [1.82, 2.24) is 4.98 Å². The molecule has 0 spiro atoms. The van der Waals surface area contributed by atoms with Crippen LogP contribution in [0, 0.1) is 0 Å². The van der Waals surface area contributed by atoms with Crippen LogP contribution in [0.25, 0.3) is 11.3 Å². The summed E-state index contributed by atoms with van der Waals surface area (Å²) in [4.78, 5) is 6.26. The second kappa shape index (κ2) is 6.25. The zero-order valence-corrected chi connectivity index (χ0v) is 13.4. The summed E-state index contributed by atoms with van der Waals surface area (Å²) in [6.07, 6.45) is 5.66. The molecular weight excluding hydrogens is 288 g/mol. The summed E-state index contributed by atoms with van der Waals surface area (Å²) >= 11 is 1.81. The van der Waals surface area contributed by atoms with E-state index in [4.69, 9.17) is 10.7 Å². The lowest BCUT2D eigenvalue weighted by molar-refractivity contribution is 0.459. The Kier molecular flexibility index (Phi) is 4.84. The number of hydrogen-bond donors (Lipinski definition) is 1. The lowest BCUT2D eigenvalue weighted by atomic mass is 10.0. The summed E-state index contributed by atoms with van der Waals surface area (Å²) in [7, 11) is 0. The van der Waals surface area contributed by atoms with Crippen LogP contribution in [-0.4, -0.2) is 4.98 Å². The van der Waals surface area contributed by atoms with Crippen molar-refractivity contribution in [3.05, 3.63) is 40.2 Å². The zero-order chi connectivity index (χ0) is 13.3. The van der Waals surface area contributed by atoms with E-state index in [-0.39, 0.29) is 17.9 Å². The van der Waals surface area contributed by atoms with Gasteiger partial charge in [-0.15, -0.1) is 23.7 Å². The molecule has 3 rings (SSSR count). The zero-order valence-electron chi connectivity index (χ0n) is 11.8. The first-order valence-corrected chi connectivity index (χ1v) is 7.89. The lowest BCUT2D eigenvalue weighted by Gasteiger charge is -2.19. The van der Waals surface area contributed by atoms with Crippen LogP contribution in [0.1, 0.15) is 42.5 Å². The van der Waals surface area contributed by atoms with Gasteiger partial charge in [0.05, 0.1) is 11.2 Å². The van der Waals surface area contributed by atoms with Crippen molar-refractivity contribution in [2.45, 2.75) is 44.6 Å². The largest absolute Gasteiger partial charge is 0.319 e. The lowest BCUT2D eigenvalue weighted by Crippen LogP contribution is -2.32. The highest BCUT2D eigenvalue weighted by atomic mass is 35.5. The van der Waals surface area contributed by atoms with Crippen LogP contribution in [0.2, 0.25) is 0 Å². The van der Waals surface area contributed by atoms with Crippen molar-refractivity contribution >= 4 is 23.7 Å². The molecule has 20 heavy (non-hydrogen) atoms. The molecule has 0 unspecified atom stereocenters. The Bertz CT molecular complexity index is 559. The molecule has 0 saturated heterocycles. The quantitative estimate of drug-likeness (QED) is 0.905. The third-order valence-electron chi connectivity index (χ3n) is 3.99. The number of halogens is 1. The Labute approximate surface area is 130 Å². The maximum absolute atomic E-state index is 6.54. The molecule has 0 atom stereocenters. The average molecular weight is 309 g/mol. The normalized spacial score (nSPS) is 16.9. The molecule has 1 saturated carbocycles. The number of benzene rings is 1. The molecule has 2 N–H and O–H groups in total. The minimum absolute atomic E-state index is 0. The Morgan fingerprint density at radius 2 is 1.85 bits per heavy atom. The first-order valence-electron chi connectivity index (χ1n) is 7.07. The summed E-state index contributed by atoms with van der Waals surface area (Å²) in [5, 5.41) is 1.14. The van der Waals surface area contributed by atoms with E-state index in [1.54, 1.807) is 0 Å². The number of thiazole rings is 1. The van der Waals surface area contributed by atoms with Crippen molar-refractivity contribution in [2.75, 3.05) is 0 Å². The molecule has 1 aromatic heterocycles. The molecule has 2 aromatic rings. The van der Waals surface area contributed by atoms with E-state index in [1.165, 1.54) is 23.3 Å². The molecule has 0 amide bonds.